The Balaban J connectivity index is 0.000000137. The monoisotopic (exact) mass is 1080 g/mol. The van der Waals surface area contributed by atoms with E-state index in [0.717, 1.165) is 44.0 Å². The van der Waals surface area contributed by atoms with Crippen LogP contribution in [0, 0.1) is 37.4 Å². The van der Waals surface area contributed by atoms with Gasteiger partial charge in [-0.3, -0.25) is 0 Å². The Morgan fingerprint density at radius 3 is 1.28 bits per heavy atom. The SMILES string of the molecule is CN1C=CN(c2[c-]cccc2)[CH-]1.CN1C=CN(c2[c-]cccc2)[CH-]1.Fc1ccc2c(n1)[n-]c1ccccc12.Fc1ccc2c(n1)[n-]c1ccccc12.[Pt].[Pt]. The van der Waals surface area contributed by atoms with E-state index in [2.05, 4.69) is 32.1 Å². The van der Waals surface area contributed by atoms with Crippen LogP contribution in [-0.2, 0) is 42.1 Å². The van der Waals surface area contributed by atoms with E-state index in [0.29, 0.717) is 11.3 Å². The number of aromatic nitrogens is 4. The minimum absolute atomic E-state index is 0. The Labute approximate surface area is 341 Å². The molecule has 10 rings (SSSR count). The van der Waals surface area contributed by atoms with Crippen LogP contribution in [-0.4, -0.2) is 33.9 Å². The molecule has 0 aliphatic carbocycles. The van der Waals surface area contributed by atoms with Gasteiger partial charge in [0, 0.05) is 42.1 Å². The van der Waals surface area contributed by atoms with Crippen molar-refractivity contribution in [3.63, 3.8) is 0 Å². The smallest absolute Gasteiger partial charge is 0.113 e. The van der Waals surface area contributed by atoms with Crippen molar-refractivity contribution in [1.29, 1.82) is 0 Å². The summed E-state index contributed by atoms with van der Waals surface area (Å²) in [6.45, 7) is 4.01. The van der Waals surface area contributed by atoms with Crippen LogP contribution in [0.3, 0.4) is 0 Å². The molecule has 2 aliphatic rings. The van der Waals surface area contributed by atoms with Gasteiger partial charge in [0.25, 0.3) is 0 Å². The number of halogens is 2. The molecule has 4 aromatic carbocycles. The van der Waals surface area contributed by atoms with Crippen molar-refractivity contribution in [3.8, 4) is 0 Å². The van der Waals surface area contributed by atoms with Gasteiger partial charge in [-0.05, 0) is 94.9 Å². The van der Waals surface area contributed by atoms with Gasteiger partial charge in [0.05, 0.1) is 0 Å². The number of benzene rings is 4. The molecule has 8 nitrogen and oxygen atoms in total. The molecule has 0 unspecified atom stereocenters. The summed E-state index contributed by atoms with van der Waals surface area (Å²) in [4.78, 5) is 24.0. The van der Waals surface area contributed by atoms with Crippen LogP contribution in [0.25, 0.3) is 43.9 Å². The summed E-state index contributed by atoms with van der Waals surface area (Å²) in [6, 6.07) is 43.7. The van der Waals surface area contributed by atoms with Gasteiger partial charge in [0.1, 0.15) is 11.9 Å². The van der Waals surface area contributed by atoms with E-state index in [1.165, 1.54) is 12.1 Å². The number of rotatable bonds is 2. The Morgan fingerprint density at radius 1 is 0.500 bits per heavy atom. The first kappa shape index (κ1) is 39.9. The van der Waals surface area contributed by atoms with Crippen LogP contribution in [0.5, 0.6) is 0 Å². The third-order valence-electron chi connectivity index (χ3n) is 8.00. The van der Waals surface area contributed by atoms with Gasteiger partial charge in [-0.1, -0.05) is 60.7 Å². The van der Waals surface area contributed by atoms with E-state index in [9.17, 15) is 8.78 Å². The molecule has 0 radical (unpaired) electrons. The van der Waals surface area contributed by atoms with Gasteiger partial charge in [0.15, 0.2) is 0 Å². The minimum Gasteiger partial charge on any atom is -0.510 e. The number of para-hydroxylation sites is 4. The summed E-state index contributed by atoms with van der Waals surface area (Å²) in [7, 11) is 4.00. The normalized spacial score (nSPS) is 12.8. The molecule has 0 fully saturated rings. The van der Waals surface area contributed by atoms with Crippen LogP contribution in [0.2, 0.25) is 0 Å². The van der Waals surface area contributed by atoms with E-state index in [1.54, 1.807) is 12.1 Å². The third-order valence-corrected chi connectivity index (χ3v) is 8.00. The zero-order chi connectivity index (χ0) is 35.9. The molecule has 0 atom stereocenters. The zero-order valence-corrected chi connectivity index (χ0v) is 33.5. The molecule has 0 spiro atoms. The zero-order valence-electron chi connectivity index (χ0n) is 29.0. The van der Waals surface area contributed by atoms with Crippen molar-refractivity contribution in [2.75, 3.05) is 23.9 Å². The van der Waals surface area contributed by atoms with Crippen molar-refractivity contribution in [2.45, 2.75) is 0 Å². The maximum atomic E-state index is 12.8. The molecule has 0 bridgehead atoms. The van der Waals surface area contributed by atoms with E-state index >= 15 is 0 Å². The van der Waals surface area contributed by atoms with Crippen LogP contribution in [0.1, 0.15) is 0 Å². The summed E-state index contributed by atoms with van der Waals surface area (Å²) in [5, 5.41) is 3.86. The standard InChI is InChI=1S/2C11H6FN2.2C10H10N2.2Pt/c2*12-10-6-5-8-7-3-1-2-4-9(7)13-11(8)14-10;2*1-11-7-8-12(9-11)10-5-3-2-4-6-10;;/h2*1-6H;2*2-5,7-9H,1H3;;/q2*-1;2*-2;;. The van der Waals surface area contributed by atoms with E-state index in [-0.39, 0.29) is 42.1 Å². The van der Waals surface area contributed by atoms with Gasteiger partial charge in [-0.25, -0.2) is 8.78 Å². The summed E-state index contributed by atoms with van der Waals surface area (Å²) in [5.74, 6) is -0.972. The second kappa shape index (κ2) is 18.6. The molecule has 4 aromatic heterocycles. The fourth-order valence-corrected chi connectivity index (χ4v) is 5.54. The van der Waals surface area contributed by atoms with Crippen LogP contribution in [0.4, 0.5) is 20.2 Å². The molecule has 54 heavy (non-hydrogen) atoms. The Hall–Kier alpha value is -5.30. The molecule has 6 heterocycles. The average Bonchev–Trinajstić information content (AvgIpc) is 3.97. The quantitative estimate of drug-likeness (QED) is 0.126. The molecular formula is C42H32F2N8Pt2-6. The Morgan fingerprint density at radius 2 is 0.907 bits per heavy atom. The third kappa shape index (κ3) is 9.62. The average molecular weight is 1080 g/mol. The molecule has 280 valence electrons. The van der Waals surface area contributed by atoms with Gasteiger partial charge in [0.2, 0.25) is 0 Å². The molecule has 12 heteroatoms. The van der Waals surface area contributed by atoms with E-state index in [1.807, 2.05) is 169 Å². The molecule has 0 N–H and O–H groups in total. The first-order valence-electron chi connectivity index (χ1n) is 16.4. The predicted molar refractivity (Wildman–Crippen MR) is 203 cm³/mol. The number of anilines is 2. The number of hydrogen-bond acceptors (Lipinski definition) is 6. The molecular weight excluding hydrogens is 1040 g/mol. The van der Waals surface area contributed by atoms with Crippen molar-refractivity contribution >= 4 is 55.2 Å². The van der Waals surface area contributed by atoms with E-state index in [4.69, 9.17) is 0 Å². The van der Waals surface area contributed by atoms with Crippen molar-refractivity contribution < 1.29 is 50.9 Å². The van der Waals surface area contributed by atoms with Gasteiger partial charge in [-0.2, -0.15) is 74.0 Å². The summed E-state index contributed by atoms with van der Waals surface area (Å²) in [6.07, 6.45) is 8.01. The summed E-state index contributed by atoms with van der Waals surface area (Å²) >= 11 is 0. The summed E-state index contributed by atoms with van der Waals surface area (Å²) in [5.41, 5.74) is 4.81. The minimum atomic E-state index is -0.486. The van der Waals surface area contributed by atoms with Gasteiger partial charge in [-0.15, -0.1) is 11.4 Å². The number of nitrogens with zero attached hydrogens (tertiary/aromatic N) is 8. The predicted octanol–water partition coefficient (Wildman–Crippen LogP) is 8.62. The maximum absolute atomic E-state index is 12.8. The molecule has 0 saturated heterocycles. The Bertz CT molecular complexity index is 2300. The van der Waals surface area contributed by atoms with Crippen LogP contribution < -0.4 is 19.8 Å². The van der Waals surface area contributed by atoms with Crippen molar-refractivity contribution in [3.05, 3.63) is 183 Å². The topological polar surface area (TPSA) is 66.9 Å². The number of fused-ring (bicyclic) bond motifs is 6. The first-order chi connectivity index (χ1) is 25.4. The van der Waals surface area contributed by atoms with Crippen molar-refractivity contribution in [2.24, 2.45) is 0 Å². The van der Waals surface area contributed by atoms with Crippen LogP contribution in [0.15, 0.2) is 146 Å². The fraction of sp³-hybridized carbons (Fsp3) is 0.0476. The number of hydrogen-bond donors (Lipinski definition) is 0. The van der Waals surface area contributed by atoms with Gasteiger partial charge < -0.3 is 39.5 Å². The van der Waals surface area contributed by atoms with Gasteiger partial charge >= 0.3 is 0 Å². The Kier molecular flexibility index (Phi) is 13.8. The van der Waals surface area contributed by atoms with E-state index < -0.39 is 11.9 Å². The molecule has 2 aliphatic heterocycles. The molecule has 8 aromatic rings. The summed E-state index contributed by atoms with van der Waals surface area (Å²) < 4.78 is 25.6. The first-order valence-corrected chi connectivity index (χ1v) is 16.4. The molecule has 0 saturated carbocycles. The largest absolute Gasteiger partial charge is 0.510 e. The van der Waals surface area contributed by atoms with Crippen molar-refractivity contribution in [1.82, 2.24) is 29.7 Å². The fourth-order valence-electron chi connectivity index (χ4n) is 5.54. The number of pyridine rings is 2. The second-order valence-electron chi connectivity index (χ2n) is 11.7. The molecule has 0 amide bonds. The second-order valence-corrected chi connectivity index (χ2v) is 11.7. The maximum Gasteiger partial charge on any atom is 0.113 e. The van der Waals surface area contributed by atoms with Crippen LogP contribution >= 0.6 is 0 Å².